The van der Waals surface area contributed by atoms with Crippen LogP contribution in [0.5, 0.6) is 0 Å². The molecule has 0 saturated carbocycles. The van der Waals surface area contributed by atoms with Gasteiger partial charge in [0.2, 0.25) is 0 Å². The van der Waals surface area contributed by atoms with E-state index in [1.165, 1.54) is 0 Å². The molecule has 0 spiro atoms. The summed E-state index contributed by atoms with van der Waals surface area (Å²) in [5.74, 6) is 0. The number of phosphoric acid groups is 1. The normalized spacial score (nSPS) is 9.75. The molecular weight excluding hydrogens is 245 g/mol. The van der Waals surface area contributed by atoms with Gasteiger partial charge in [0.1, 0.15) is 0 Å². The smallest absolute Gasteiger partial charge is 0.303 e. The first-order valence-corrected chi connectivity index (χ1v) is 4.44. The molecule has 64 valence electrons. The van der Waals surface area contributed by atoms with Crippen molar-refractivity contribution in [2.75, 3.05) is 0 Å². The van der Waals surface area contributed by atoms with E-state index in [0.717, 1.165) is 0 Å². The minimum Gasteiger partial charge on any atom is -0.303 e. The van der Waals surface area contributed by atoms with Crippen molar-refractivity contribution in [3.05, 3.63) is 0 Å². The number of rotatable bonds is 0. The van der Waals surface area contributed by atoms with Gasteiger partial charge in [-0.15, -0.1) is 0 Å². The van der Waals surface area contributed by atoms with Crippen molar-refractivity contribution in [2.24, 2.45) is 0 Å². The Hall–Kier alpha value is 1.04. The van der Waals surface area contributed by atoms with Crippen LogP contribution in [0.2, 0.25) is 0 Å². The third kappa shape index (κ3) is 1020. The van der Waals surface area contributed by atoms with Crippen LogP contribution in [-0.4, -0.2) is 66.9 Å². The van der Waals surface area contributed by atoms with Crippen molar-refractivity contribution in [3.8, 4) is 0 Å². The van der Waals surface area contributed by atoms with Gasteiger partial charge in [0.15, 0.2) is 0 Å². The van der Waals surface area contributed by atoms with Crippen molar-refractivity contribution in [1.82, 2.24) is 0 Å². The summed E-state index contributed by atoms with van der Waals surface area (Å²) in [5.41, 5.74) is 0. The van der Waals surface area contributed by atoms with Crippen LogP contribution < -0.4 is 0 Å². The maximum absolute atomic E-state index is 8.88. The Labute approximate surface area is 89.7 Å². The third-order valence-corrected chi connectivity index (χ3v) is 0. The van der Waals surface area contributed by atoms with E-state index in [0.29, 0.717) is 0 Å². The van der Waals surface area contributed by atoms with E-state index in [4.69, 9.17) is 36.8 Å². The van der Waals surface area contributed by atoms with Gasteiger partial charge in [-0.2, -0.15) is 8.42 Å². The van der Waals surface area contributed by atoms with Crippen molar-refractivity contribution in [3.63, 3.8) is 0 Å². The average molecular weight is 250 g/mol. The number of hydrogen-bond acceptors (Lipinski definition) is 3. The molecule has 0 heterocycles. The first-order valence-electron chi connectivity index (χ1n) is 1.48. The zero-order valence-corrected chi connectivity index (χ0v) is 9.49. The first kappa shape index (κ1) is 23.1. The maximum Gasteiger partial charge on any atom is 3.00 e. The van der Waals surface area contributed by atoms with E-state index < -0.39 is 18.2 Å². The Bertz CT molecular complexity index is 195. The predicted molar refractivity (Wildman–Crippen MR) is 39.9 cm³/mol. The monoisotopic (exact) mass is 250 g/mol. The Morgan fingerprint density at radius 2 is 0.917 bits per heavy atom. The summed E-state index contributed by atoms with van der Waals surface area (Å²) in [7, 11) is -9.31. The Morgan fingerprint density at radius 3 is 0.917 bits per heavy atom. The van der Waals surface area contributed by atoms with Gasteiger partial charge in [0.05, 0.1) is 0 Å². The molecule has 0 unspecified atom stereocenters. The summed E-state index contributed by atoms with van der Waals surface area (Å²) in [4.78, 5) is 21.6. The molecule has 0 radical (unpaired) electrons. The van der Waals surface area contributed by atoms with Crippen molar-refractivity contribution in [1.29, 1.82) is 0 Å². The third-order valence-electron chi connectivity index (χ3n) is 0. The fourth-order valence-corrected chi connectivity index (χ4v) is 0. The summed E-state index contributed by atoms with van der Waals surface area (Å²) in [6.07, 6.45) is 0. The minimum absolute atomic E-state index is 0. The molecule has 0 aliphatic rings. The Kier molecular flexibility index (Phi) is 16.6. The van der Waals surface area contributed by atoms with Gasteiger partial charge in [0.25, 0.3) is 0 Å². The molecule has 0 saturated heterocycles. The van der Waals surface area contributed by atoms with Gasteiger partial charge in [-0.3, -0.25) is 9.11 Å². The van der Waals surface area contributed by atoms with Gasteiger partial charge in [0, 0.05) is 0 Å². The number of hydrogen-bond donors (Lipinski definition) is 5. The summed E-state index contributed by atoms with van der Waals surface area (Å²) in [6.45, 7) is 0. The first-order chi connectivity index (χ1) is 4.00. The van der Waals surface area contributed by atoms with E-state index in [-0.39, 0.29) is 34.7 Å². The molecule has 0 aromatic heterocycles. The van der Waals surface area contributed by atoms with Crippen molar-refractivity contribution in [2.45, 2.75) is 0 Å². The quantitative estimate of drug-likeness (QED) is 0.182. The average Bonchev–Trinajstić information content (AvgIpc) is 1.12. The largest absolute Gasteiger partial charge is 3.00 e. The molecule has 8 nitrogen and oxygen atoms in total. The summed E-state index contributed by atoms with van der Waals surface area (Å²) >= 11 is 0. The molecule has 0 aromatic rings. The zero-order valence-electron chi connectivity index (χ0n) is 5.47. The van der Waals surface area contributed by atoms with Gasteiger partial charge < -0.3 is 14.7 Å². The zero-order chi connectivity index (χ0) is 9.00. The summed E-state index contributed by atoms with van der Waals surface area (Å²) < 4.78 is 40.5. The molecule has 0 aromatic carbocycles. The summed E-state index contributed by atoms with van der Waals surface area (Å²) in [6, 6.07) is 0. The van der Waals surface area contributed by atoms with Gasteiger partial charge in [-0.25, -0.2) is 4.57 Å². The van der Waals surface area contributed by atoms with E-state index in [1.807, 2.05) is 0 Å². The van der Waals surface area contributed by atoms with E-state index in [1.54, 1.807) is 0 Å². The standard InChI is InChI=1S/2Al.H3O4P.H2O4S/c;;2*1-5(2,3)4/h;;(H3,1,2,3,4);(H2,1,2,3,4)/q2*+3;;. The van der Waals surface area contributed by atoms with Crippen LogP contribution in [-0.2, 0) is 15.0 Å². The van der Waals surface area contributed by atoms with E-state index in [9.17, 15) is 0 Å². The molecule has 0 atom stereocenters. The second-order valence-electron chi connectivity index (χ2n) is 0.961. The molecular formula is H5Al2O8PS+6. The van der Waals surface area contributed by atoms with Crippen LogP contribution in [0.25, 0.3) is 0 Å². The Balaban J connectivity index is -0.0000000457. The molecule has 0 amide bonds. The van der Waals surface area contributed by atoms with Crippen molar-refractivity contribution < 1.29 is 36.8 Å². The van der Waals surface area contributed by atoms with Crippen molar-refractivity contribution >= 4 is 52.9 Å². The SMILES string of the molecule is O=P(O)(O)O.O=S(=O)(O)O.[Al+3].[Al+3]. The van der Waals surface area contributed by atoms with E-state index >= 15 is 0 Å². The van der Waals surface area contributed by atoms with Crippen LogP contribution in [0.1, 0.15) is 0 Å². The molecule has 12 heavy (non-hydrogen) atoms. The fraction of sp³-hybridized carbons (Fsp3) is 0. The topological polar surface area (TPSA) is 152 Å². The van der Waals surface area contributed by atoms with Crippen LogP contribution in [0.3, 0.4) is 0 Å². The second-order valence-corrected chi connectivity index (χ2v) is 2.88. The van der Waals surface area contributed by atoms with Gasteiger partial charge in [-0.05, 0) is 0 Å². The molecule has 0 aliphatic heterocycles. The van der Waals surface area contributed by atoms with Crippen LogP contribution in [0.4, 0.5) is 0 Å². The maximum atomic E-state index is 8.88. The second kappa shape index (κ2) is 8.63. The summed E-state index contributed by atoms with van der Waals surface area (Å²) in [5, 5.41) is 0. The predicted octanol–water partition coefficient (Wildman–Crippen LogP) is -2.34. The molecule has 0 bridgehead atoms. The van der Waals surface area contributed by atoms with Gasteiger partial charge in [-0.1, -0.05) is 0 Å². The van der Waals surface area contributed by atoms with Crippen LogP contribution in [0.15, 0.2) is 0 Å². The molecule has 12 heteroatoms. The van der Waals surface area contributed by atoms with Gasteiger partial charge >= 0.3 is 52.9 Å². The van der Waals surface area contributed by atoms with E-state index in [2.05, 4.69) is 0 Å². The fourth-order valence-electron chi connectivity index (χ4n) is 0. The Morgan fingerprint density at radius 1 is 0.917 bits per heavy atom. The molecule has 0 fully saturated rings. The molecule has 5 N–H and O–H groups in total. The van der Waals surface area contributed by atoms with Crippen LogP contribution in [0, 0.1) is 0 Å². The molecule has 0 aliphatic carbocycles. The van der Waals surface area contributed by atoms with Crippen LogP contribution >= 0.6 is 7.82 Å². The molecule has 0 rings (SSSR count). The minimum atomic E-state index is -4.67.